The van der Waals surface area contributed by atoms with Crippen molar-refractivity contribution in [3.63, 3.8) is 0 Å². The van der Waals surface area contributed by atoms with E-state index in [1.807, 2.05) is 36.4 Å². The van der Waals surface area contributed by atoms with Gasteiger partial charge in [0.15, 0.2) is 11.9 Å². The van der Waals surface area contributed by atoms with Gasteiger partial charge >= 0.3 is 5.92 Å². The smallest absolute Gasteiger partial charge is 0.323 e. The number of nitrogens with one attached hydrogen (secondary N) is 1. The number of hydrogen-bond donors (Lipinski definition) is 4. The molecule has 1 aromatic heterocycles. The van der Waals surface area contributed by atoms with Gasteiger partial charge < -0.3 is 10.4 Å². The van der Waals surface area contributed by atoms with Gasteiger partial charge in [-0.25, -0.2) is 20.0 Å². The summed E-state index contributed by atoms with van der Waals surface area (Å²) >= 11 is 5.91. The Bertz CT molecular complexity index is 1620. The Morgan fingerprint density at radius 2 is 1.70 bits per heavy atom. The molecular weight excluding hydrogens is 584 g/mol. The van der Waals surface area contributed by atoms with Gasteiger partial charge in [-0.2, -0.15) is 8.78 Å². The molecule has 7 nitrogen and oxygen atoms in total. The largest absolute Gasteiger partial charge is 0.381 e. The molecule has 0 aliphatic carbocycles. The third kappa shape index (κ3) is 7.68. The quantitative estimate of drug-likeness (QED) is 0.0534. The summed E-state index contributed by atoms with van der Waals surface area (Å²) in [4.78, 5) is 3.82. The molecule has 12 heteroatoms. The maximum atomic E-state index is 15.9. The SMILES string of the molecule is C[NH2+]/N=C\N(N)CC(O)(c1ccc(F)cc1F)C(F)(F)c1ccc(C#Cc2ccc(CNc3ccc(Cl)cc3)cc2)cn1. The van der Waals surface area contributed by atoms with Crippen LogP contribution in [0.2, 0.25) is 5.02 Å². The second-order valence-corrected chi connectivity index (χ2v) is 9.93. The summed E-state index contributed by atoms with van der Waals surface area (Å²) in [6.45, 7) is -0.400. The summed E-state index contributed by atoms with van der Waals surface area (Å²) < 4.78 is 60.1. The number of halogens is 5. The summed E-state index contributed by atoms with van der Waals surface area (Å²) in [5.74, 6) is 5.02. The standard InChI is InChI=1S/C31H27ClF4N6O/c1-38-41-20-42(37)19-30(43,27-14-11-25(33)16-28(27)34)31(35,36)29-15-8-23(18-40-29)7-4-21-2-5-22(6-3-21)17-39-26-12-9-24(32)10-13-26/h2-3,5-6,8-16,18,20,38-39,43H,17,19,37H2,1H3/p+1/b41-20-. The molecule has 0 bridgehead atoms. The van der Waals surface area contributed by atoms with Crippen LogP contribution in [0, 0.1) is 23.5 Å². The number of hydrazine groups is 1. The van der Waals surface area contributed by atoms with Crippen LogP contribution in [-0.4, -0.2) is 35.0 Å². The van der Waals surface area contributed by atoms with Gasteiger partial charge in [-0.1, -0.05) is 40.7 Å². The highest BCUT2D eigenvalue weighted by molar-refractivity contribution is 6.30. The third-order valence-corrected chi connectivity index (χ3v) is 6.65. The molecule has 6 N–H and O–H groups in total. The van der Waals surface area contributed by atoms with Crippen LogP contribution in [0.25, 0.3) is 0 Å². The van der Waals surface area contributed by atoms with Gasteiger partial charge in [0.2, 0.25) is 0 Å². The highest BCUT2D eigenvalue weighted by Crippen LogP contribution is 2.45. The topological polar surface area (TPSA) is 103 Å². The molecule has 1 heterocycles. The average Bonchev–Trinajstić information content (AvgIpc) is 2.99. The number of aromatic nitrogens is 1. The second-order valence-electron chi connectivity index (χ2n) is 9.49. The number of nitrogens with zero attached hydrogens (tertiary/aromatic N) is 3. The number of benzene rings is 3. The van der Waals surface area contributed by atoms with Gasteiger partial charge in [0.25, 0.3) is 0 Å². The lowest BCUT2D eigenvalue weighted by molar-refractivity contribution is -0.633. The lowest BCUT2D eigenvalue weighted by Crippen LogP contribution is -2.73. The first-order valence-corrected chi connectivity index (χ1v) is 13.3. The number of hydrogen-bond acceptors (Lipinski definition) is 5. The summed E-state index contributed by atoms with van der Waals surface area (Å²) in [7, 11) is 1.57. The minimum absolute atomic E-state index is 0.329. The van der Waals surface area contributed by atoms with Gasteiger partial charge in [0, 0.05) is 46.2 Å². The Labute approximate surface area is 251 Å². The fourth-order valence-corrected chi connectivity index (χ4v) is 4.25. The van der Waals surface area contributed by atoms with Crippen molar-refractivity contribution >= 4 is 23.6 Å². The second kappa shape index (κ2) is 13.7. The molecule has 0 spiro atoms. The van der Waals surface area contributed by atoms with Crippen molar-refractivity contribution in [3.05, 3.63) is 130 Å². The predicted molar refractivity (Wildman–Crippen MR) is 157 cm³/mol. The number of pyridine rings is 1. The molecule has 0 aliphatic rings. The van der Waals surface area contributed by atoms with Gasteiger partial charge in [-0.15, -0.1) is 0 Å². The minimum atomic E-state index is -4.17. The number of rotatable bonds is 10. The Balaban J connectivity index is 1.52. The molecule has 0 fully saturated rings. The van der Waals surface area contributed by atoms with E-state index in [-0.39, 0.29) is 0 Å². The summed E-state index contributed by atoms with van der Waals surface area (Å²) in [5, 5.41) is 19.6. The first-order chi connectivity index (χ1) is 20.5. The Morgan fingerprint density at radius 3 is 2.33 bits per heavy atom. The van der Waals surface area contributed by atoms with E-state index in [4.69, 9.17) is 17.4 Å². The van der Waals surface area contributed by atoms with Crippen LogP contribution in [0.5, 0.6) is 0 Å². The van der Waals surface area contributed by atoms with Crippen molar-refractivity contribution in [2.75, 3.05) is 18.9 Å². The van der Waals surface area contributed by atoms with Crippen molar-refractivity contribution in [2.45, 2.75) is 18.1 Å². The zero-order valence-electron chi connectivity index (χ0n) is 22.9. The fourth-order valence-electron chi connectivity index (χ4n) is 4.12. The van der Waals surface area contributed by atoms with Gasteiger partial charge in [0.05, 0.1) is 13.6 Å². The van der Waals surface area contributed by atoms with E-state index in [9.17, 15) is 13.9 Å². The molecular formula is C31H28ClF4N6O+. The lowest BCUT2D eigenvalue weighted by Gasteiger charge is -2.37. The third-order valence-electron chi connectivity index (χ3n) is 6.40. The van der Waals surface area contributed by atoms with Crippen LogP contribution < -0.4 is 16.6 Å². The molecule has 0 saturated heterocycles. The molecule has 4 rings (SSSR count). The molecule has 1 unspecified atom stereocenters. The van der Waals surface area contributed by atoms with E-state index in [1.54, 1.807) is 19.2 Å². The first kappa shape index (κ1) is 31.5. The van der Waals surface area contributed by atoms with E-state index < -0.39 is 41.0 Å². The van der Waals surface area contributed by atoms with Crippen molar-refractivity contribution < 1.29 is 28.1 Å². The molecule has 222 valence electrons. The summed E-state index contributed by atoms with van der Waals surface area (Å²) in [6, 6.07) is 19.1. The summed E-state index contributed by atoms with van der Waals surface area (Å²) in [5.41, 5.74) is -0.658. The van der Waals surface area contributed by atoms with Crippen LogP contribution in [0.4, 0.5) is 23.2 Å². The number of quaternary nitrogens is 1. The number of aliphatic hydroxyl groups is 1. The van der Waals surface area contributed by atoms with Gasteiger partial charge in [-0.3, -0.25) is 9.99 Å². The van der Waals surface area contributed by atoms with Crippen molar-refractivity contribution in [1.82, 2.24) is 9.99 Å². The van der Waals surface area contributed by atoms with Crippen LogP contribution >= 0.6 is 11.6 Å². The Kier molecular flexibility index (Phi) is 10.0. The fraction of sp³-hybridized carbons (Fsp3) is 0.161. The maximum absolute atomic E-state index is 15.9. The maximum Gasteiger partial charge on any atom is 0.323 e. The van der Waals surface area contributed by atoms with Crippen molar-refractivity contribution in [1.29, 1.82) is 0 Å². The number of alkyl halides is 2. The average molecular weight is 612 g/mol. The molecule has 0 saturated carbocycles. The number of anilines is 1. The minimum Gasteiger partial charge on any atom is -0.381 e. The zero-order valence-corrected chi connectivity index (χ0v) is 23.7. The normalized spacial score (nSPS) is 12.8. The van der Waals surface area contributed by atoms with Gasteiger partial charge in [-0.05, 0) is 66.2 Å². The van der Waals surface area contributed by atoms with E-state index in [2.05, 4.69) is 27.2 Å². The highest BCUT2D eigenvalue weighted by Gasteiger charge is 2.58. The van der Waals surface area contributed by atoms with Crippen LogP contribution in [0.3, 0.4) is 0 Å². The highest BCUT2D eigenvalue weighted by atomic mass is 35.5. The van der Waals surface area contributed by atoms with E-state index in [0.717, 1.165) is 42.0 Å². The molecule has 1 atom stereocenters. The molecule has 0 amide bonds. The van der Waals surface area contributed by atoms with Crippen LogP contribution in [0.15, 0.2) is 90.2 Å². The zero-order chi connectivity index (χ0) is 31.0. The van der Waals surface area contributed by atoms with E-state index >= 15 is 8.78 Å². The number of nitrogens with two attached hydrogens (primary N) is 2. The molecule has 4 aromatic rings. The van der Waals surface area contributed by atoms with Crippen LogP contribution in [-0.2, 0) is 18.1 Å². The van der Waals surface area contributed by atoms with Gasteiger partial charge in [0.1, 0.15) is 17.3 Å². The molecule has 0 aliphatic heterocycles. The van der Waals surface area contributed by atoms with Crippen molar-refractivity contribution in [3.8, 4) is 11.8 Å². The first-order valence-electron chi connectivity index (χ1n) is 13.0. The molecule has 43 heavy (non-hydrogen) atoms. The molecule has 3 aromatic carbocycles. The lowest BCUT2D eigenvalue weighted by atomic mass is 9.84. The van der Waals surface area contributed by atoms with E-state index in [1.165, 1.54) is 11.5 Å². The van der Waals surface area contributed by atoms with Crippen molar-refractivity contribution in [2.24, 2.45) is 10.9 Å². The predicted octanol–water partition coefficient (Wildman–Crippen LogP) is 4.32. The monoisotopic (exact) mass is 611 g/mol. The Hall–Kier alpha value is -4.47. The van der Waals surface area contributed by atoms with Crippen LogP contribution in [0.1, 0.15) is 27.9 Å². The molecule has 0 radical (unpaired) electrons. The summed E-state index contributed by atoms with van der Waals surface area (Å²) in [6.07, 6.45) is 2.10. The van der Waals surface area contributed by atoms with E-state index in [0.29, 0.717) is 33.8 Å². The Morgan fingerprint density at radius 1 is 1.02 bits per heavy atom.